The van der Waals surface area contributed by atoms with Gasteiger partial charge in [-0.3, -0.25) is 4.99 Å². The number of nitrogens with one attached hydrogen (secondary N) is 1. The Morgan fingerprint density at radius 3 is 2.38 bits per heavy atom. The first-order valence-electron chi connectivity index (χ1n) is 8.02. The highest BCUT2D eigenvalue weighted by Gasteiger charge is 2.44. The van der Waals surface area contributed by atoms with Gasteiger partial charge < -0.3 is 11.1 Å². The Morgan fingerprint density at radius 2 is 1.75 bits per heavy atom. The van der Waals surface area contributed by atoms with Crippen LogP contribution in [0.1, 0.15) is 24.0 Å². The minimum atomic E-state index is -0.199. The molecule has 0 atom stereocenters. The van der Waals surface area contributed by atoms with E-state index in [1.165, 1.54) is 17.7 Å². The summed E-state index contributed by atoms with van der Waals surface area (Å²) >= 11 is 0. The molecule has 0 radical (unpaired) electrons. The molecule has 1 aliphatic rings. The van der Waals surface area contributed by atoms with Crippen LogP contribution in [-0.4, -0.2) is 19.0 Å². The Hall–Kier alpha value is -1.63. The first-order chi connectivity index (χ1) is 11.2. The lowest BCUT2D eigenvalue weighted by Crippen LogP contribution is -2.34. The fourth-order valence-corrected chi connectivity index (χ4v) is 2.76. The summed E-state index contributed by atoms with van der Waals surface area (Å²) in [4.78, 5) is 4.48. The number of nitrogens with zero attached hydrogens (tertiary/aromatic N) is 1. The van der Waals surface area contributed by atoms with E-state index >= 15 is 0 Å². The number of hydrogen-bond donors (Lipinski definition) is 2. The smallest absolute Gasteiger partial charge is 0.188 e. The van der Waals surface area contributed by atoms with Crippen molar-refractivity contribution in [3.63, 3.8) is 0 Å². The van der Waals surface area contributed by atoms with Crippen molar-refractivity contribution in [1.82, 2.24) is 5.32 Å². The van der Waals surface area contributed by atoms with E-state index in [2.05, 4.69) is 22.4 Å². The van der Waals surface area contributed by atoms with E-state index in [0.717, 1.165) is 31.4 Å². The maximum atomic E-state index is 13.0. The summed E-state index contributed by atoms with van der Waals surface area (Å²) in [5.41, 5.74) is 8.44. The van der Waals surface area contributed by atoms with Gasteiger partial charge in [-0.1, -0.05) is 42.5 Å². The summed E-state index contributed by atoms with van der Waals surface area (Å²) in [7, 11) is 0. The maximum Gasteiger partial charge on any atom is 0.188 e. The largest absolute Gasteiger partial charge is 0.370 e. The minimum absolute atomic E-state index is 0. The summed E-state index contributed by atoms with van der Waals surface area (Å²) in [6, 6.07) is 17.0. The molecular weight excluding hydrogens is 416 g/mol. The van der Waals surface area contributed by atoms with E-state index in [9.17, 15) is 4.39 Å². The van der Waals surface area contributed by atoms with Crippen LogP contribution in [0.15, 0.2) is 59.6 Å². The van der Waals surface area contributed by atoms with E-state index in [1.807, 2.05) is 30.3 Å². The Kier molecular flexibility index (Phi) is 6.60. The molecule has 0 bridgehead atoms. The Balaban J connectivity index is 0.00000208. The lowest BCUT2D eigenvalue weighted by molar-refractivity contribution is 0.623. The van der Waals surface area contributed by atoms with Crippen molar-refractivity contribution in [2.75, 3.05) is 13.1 Å². The summed E-state index contributed by atoms with van der Waals surface area (Å²) in [5.74, 6) is 0.282. The predicted octanol–water partition coefficient (Wildman–Crippen LogP) is 3.62. The predicted molar refractivity (Wildman–Crippen MR) is 107 cm³/mol. The van der Waals surface area contributed by atoms with Crippen molar-refractivity contribution in [3.05, 3.63) is 71.5 Å². The molecule has 1 fully saturated rings. The number of benzene rings is 2. The zero-order valence-electron chi connectivity index (χ0n) is 13.5. The molecule has 3 rings (SSSR count). The van der Waals surface area contributed by atoms with Gasteiger partial charge >= 0.3 is 0 Å². The highest BCUT2D eigenvalue weighted by molar-refractivity contribution is 14.0. The zero-order valence-corrected chi connectivity index (χ0v) is 15.9. The normalized spacial score (nSPS) is 15.5. The Morgan fingerprint density at radius 1 is 1.08 bits per heavy atom. The third-order valence-electron chi connectivity index (χ3n) is 4.42. The molecular formula is C19H23FIN3. The molecule has 0 saturated heterocycles. The van der Waals surface area contributed by atoms with E-state index in [-0.39, 0.29) is 35.2 Å². The number of aliphatic imine (C=N–C) groups is 1. The third kappa shape index (κ3) is 4.93. The first-order valence-corrected chi connectivity index (χ1v) is 8.02. The monoisotopic (exact) mass is 439 g/mol. The molecule has 0 spiro atoms. The van der Waals surface area contributed by atoms with Gasteiger partial charge in [0.15, 0.2) is 5.96 Å². The third-order valence-corrected chi connectivity index (χ3v) is 4.42. The average Bonchev–Trinajstić information content (AvgIpc) is 3.36. The van der Waals surface area contributed by atoms with Gasteiger partial charge in [-0.15, -0.1) is 24.0 Å². The van der Waals surface area contributed by atoms with Crippen LogP contribution < -0.4 is 11.1 Å². The summed E-state index contributed by atoms with van der Waals surface area (Å²) in [6.45, 7) is 1.42. The highest BCUT2D eigenvalue weighted by Crippen LogP contribution is 2.48. The summed E-state index contributed by atoms with van der Waals surface area (Å²) < 4.78 is 13.0. The lowest BCUT2D eigenvalue weighted by atomic mass is 9.96. The molecule has 5 heteroatoms. The van der Waals surface area contributed by atoms with Gasteiger partial charge in [-0.25, -0.2) is 4.39 Å². The zero-order chi connectivity index (χ0) is 16.1. The molecule has 24 heavy (non-hydrogen) atoms. The van der Waals surface area contributed by atoms with Gasteiger partial charge in [0.25, 0.3) is 0 Å². The van der Waals surface area contributed by atoms with Crippen molar-refractivity contribution in [1.29, 1.82) is 0 Å². The van der Waals surface area contributed by atoms with Crippen LogP contribution in [0.4, 0.5) is 4.39 Å². The second-order valence-electron chi connectivity index (χ2n) is 6.15. The van der Waals surface area contributed by atoms with Crippen molar-refractivity contribution in [2.45, 2.75) is 24.7 Å². The van der Waals surface area contributed by atoms with Crippen molar-refractivity contribution in [2.24, 2.45) is 10.7 Å². The molecule has 3 nitrogen and oxygen atoms in total. The van der Waals surface area contributed by atoms with Gasteiger partial charge in [-0.2, -0.15) is 0 Å². The molecule has 0 amide bonds. The van der Waals surface area contributed by atoms with Crippen LogP contribution in [0.2, 0.25) is 0 Å². The van der Waals surface area contributed by atoms with Gasteiger partial charge in [0, 0.05) is 12.0 Å². The van der Waals surface area contributed by atoms with Gasteiger partial charge in [0.05, 0.1) is 6.54 Å². The topological polar surface area (TPSA) is 50.4 Å². The first kappa shape index (κ1) is 18.7. The maximum absolute atomic E-state index is 13.0. The van der Waals surface area contributed by atoms with Crippen molar-refractivity contribution in [3.8, 4) is 0 Å². The summed E-state index contributed by atoms with van der Waals surface area (Å²) in [5, 5.41) is 3.16. The summed E-state index contributed by atoms with van der Waals surface area (Å²) in [6.07, 6.45) is 3.08. The van der Waals surface area contributed by atoms with Crippen LogP contribution in [0, 0.1) is 5.82 Å². The molecule has 128 valence electrons. The number of hydrogen-bond acceptors (Lipinski definition) is 1. The van der Waals surface area contributed by atoms with E-state index in [4.69, 9.17) is 5.73 Å². The van der Waals surface area contributed by atoms with Crippen molar-refractivity contribution >= 4 is 29.9 Å². The second-order valence-corrected chi connectivity index (χ2v) is 6.15. The molecule has 0 aliphatic heterocycles. The van der Waals surface area contributed by atoms with Crippen molar-refractivity contribution < 1.29 is 4.39 Å². The minimum Gasteiger partial charge on any atom is -0.370 e. The fraction of sp³-hybridized carbons (Fsp3) is 0.316. The van der Waals surface area contributed by atoms with E-state index < -0.39 is 0 Å². The molecule has 0 aromatic heterocycles. The molecule has 1 aliphatic carbocycles. The van der Waals surface area contributed by atoms with Gasteiger partial charge in [0.1, 0.15) is 5.82 Å². The van der Waals surface area contributed by atoms with E-state index in [1.54, 1.807) is 0 Å². The number of rotatable bonds is 6. The number of halogens is 2. The molecule has 1 saturated carbocycles. The number of nitrogens with two attached hydrogens (primary N) is 1. The average molecular weight is 439 g/mol. The highest BCUT2D eigenvalue weighted by atomic mass is 127. The fourth-order valence-electron chi connectivity index (χ4n) is 2.76. The molecule has 2 aromatic rings. The molecule has 3 N–H and O–H groups in total. The molecule has 0 unspecified atom stereocenters. The van der Waals surface area contributed by atoms with Crippen LogP contribution in [0.3, 0.4) is 0 Å². The van der Waals surface area contributed by atoms with E-state index in [0.29, 0.717) is 12.5 Å². The standard InChI is InChI=1S/C19H22FN3.HI/c20-17-8-6-16(7-9-17)19(11-12-19)14-23-18(21)22-13-10-15-4-2-1-3-5-15;/h1-9H,10-14H2,(H3,21,22,23);1H. The van der Waals surface area contributed by atoms with Crippen LogP contribution >= 0.6 is 24.0 Å². The molecule has 2 aromatic carbocycles. The lowest BCUT2D eigenvalue weighted by Gasteiger charge is -2.14. The Labute approximate surface area is 159 Å². The second kappa shape index (κ2) is 8.46. The van der Waals surface area contributed by atoms with Crippen LogP contribution in [0.25, 0.3) is 0 Å². The van der Waals surface area contributed by atoms with Crippen LogP contribution in [0.5, 0.6) is 0 Å². The van der Waals surface area contributed by atoms with Crippen LogP contribution in [-0.2, 0) is 11.8 Å². The Bertz CT molecular complexity index is 667. The van der Waals surface area contributed by atoms with Gasteiger partial charge in [0.2, 0.25) is 0 Å². The SMILES string of the molecule is I.NC(=NCC1(c2ccc(F)cc2)CC1)NCCc1ccccc1. The van der Waals surface area contributed by atoms with Gasteiger partial charge in [-0.05, 0) is 42.5 Å². The molecule has 0 heterocycles. The number of guanidine groups is 1. The quantitative estimate of drug-likeness (QED) is 0.411.